The smallest absolute Gasteiger partial charge is 0.305 e. The number of esters is 1. The Labute approximate surface area is 79.1 Å². The first-order chi connectivity index (χ1) is 5.85. The second kappa shape index (κ2) is 5.19. The van der Waals surface area contributed by atoms with Crippen molar-refractivity contribution in [1.82, 2.24) is 0 Å². The van der Waals surface area contributed by atoms with Crippen LogP contribution in [0.5, 0.6) is 0 Å². The Morgan fingerprint density at radius 1 is 1.38 bits per heavy atom. The third kappa shape index (κ3) is 7.74. The summed E-state index contributed by atoms with van der Waals surface area (Å²) in [5.41, 5.74) is -0.395. The molecule has 0 N–H and O–H groups in total. The molecule has 78 valence electrons. The van der Waals surface area contributed by atoms with Gasteiger partial charge in [-0.25, -0.2) is 4.89 Å². The van der Waals surface area contributed by atoms with Crippen LogP contribution in [0, 0.1) is 0 Å². The summed E-state index contributed by atoms with van der Waals surface area (Å²) < 4.78 is 4.81. The van der Waals surface area contributed by atoms with Gasteiger partial charge in [-0.15, -0.1) is 0 Å². The van der Waals surface area contributed by atoms with Crippen molar-refractivity contribution in [3.63, 3.8) is 0 Å². The van der Waals surface area contributed by atoms with E-state index in [9.17, 15) is 4.79 Å². The van der Waals surface area contributed by atoms with Gasteiger partial charge in [-0.2, -0.15) is 4.89 Å². The minimum absolute atomic E-state index is 0.371. The van der Waals surface area contributed by atoms with Crippen molar-refractivity contribution in [2.45, 2.75) is 52.9 Å². The molecular weight excluding hydrogens is 172 g/mol. The number of ether oxygens (including phenoxy) is 1. The Bertz CT molecular complexity index is 159. The average Bonchev–Trinajstić information content (AvgIpc) is 1.95. The minimum Gasteiger partial charge on any atom is -0.433 e. The van der Waals surface area contributed by atoms with Crippen LogP contribution in [0.2, 0.25) is 0 Å². The van der Waals surface area contributed by atoms with Crippen molar-refractivity contribution in [1.29, 1.82) is 0 Å². The van der Waals surface area contributed by atoms with Gasteiger partial charge in [0.15, 0.2) is 0 Å². The maximum atomic E-state index is 10.6. The Kier molecular flexibility index (Phi) is 4.95. The topological polar surface area (TPSA) is 44.8 Å². The summed E-state index contributed by atoms with van der Waals surface area (Å²) in [7, 11) is 0. The first-order valence-electron chi connectivity index (χ1n) is 4.37. The molecule has 13 heavy (non-hydrogen) atoms. The summed E-state index contributed by atoms with van der Waals surface area (Å²) in [6, 6.07) is 0. The molecule has 0 amide bonds. The molecule has 4 heteroatoms. The van der Waals surface area contributed by atoms with E-state index in [2.05, 4.69) is 0 Å². The van der Waals surface area contributed by atoms with Crippen molar-refractivity contribution < 1.29 is 19.3 Å². The molecule has 0 aliphatic heterocycles. The van der Waals surface area contributed by atoms with Crippen molar-refractivity contribution in [2.75, 3.05) is 0 Å². The molecule has 0 bridgehead atoms. The molecule has 0 aromatic carbocycles. The van der Waals surface area contributed by atoms with Gasteiger partial charge in [-0.05, 0) is 20.8 Å². The predicted molar refractivity (Wildman–Crippen MR) is 47.8 cm³/mol. The summed E-state index contributed by atoms with van der Waals surface area (Å²) in [4.78, 5) is 20.5. The van der Waals surface area contributed by atoms with Crippen LogP contribution in [-0.4, -0.2) is 17.9 Å². The van der Waals surface area contributed by atoms with Crippen molar-refractivity contribution in [3.8, 4) is 0 Å². The van der Waals surface area contributed by atoms with Gasteiger partial charge < -0.3 is 4.74 Å². The van der Waals surface area contributed by atoms with Crippen LogP contribution in [0.3, 0.4) is 0 Å². The lowest BCUT2D eigenvalue weighted by molar-refractivity contribution is -0.409. The van der Waals surface area contributed by atoms with Crippen molar-refractivity contribution in [2.24, 2.45) is 0 Å². The van der Waals surface area contributed by atoms with E-state index in [0.717, 1.165) is 0 Å². The highest BCUT2D eigenvalue weighted by molar-refractivity contribution is 5.65. The quantitative estimate of drug-likeness (QED) is 0.294. The van der Waals surface area contributed by atoms with E-state index < -0.39 is 11.9 Å². The minimum atomic E-state index is -0.614. The number of rotatable bonds is 4. The van der Waals surface area contributed by atoms with E-state index in [1.54, 1.807) is 0 Å². The second-order valence-corrected chi connectivity index (χ2v) is 3.74. The molecule has 0 spiro atoms. The monoisotopic (exact) mass is 190 g/mol. The number of carbonyl (C=O) groups is 1. The van der Waals surface area contributed by atoms with E-state index in [1.165, 1.54) is 6.92 Å². The summed E-state index contributed by atoms with van der Waals surface area (Å²) in [6.45, 7) is 8.75. The lowest BCUT2D eigenvalue weighted by Gasteiger charge is -2.21. The van der Waals surface area contributed by atoms with Crippen molar-refractivity contribution >= 4 is 5.97 Å². The van der Waals surface area contributed by atoms with Gasteiger partial charge in [-0.3, -0.25) is 4.79 Å². The summed E-state index contributed by atoms with van der Waals surface area (Å²) >= 11 is 0. The second-order valence-electron chi connectivity index (χ2n) is 3.74. The Morgan fingerprint density at radius 2 is 1.92 bits per heavy atom. The molecule has 0 saturated carbocycles. The summed E-state index contributed by atoms with van der Waals surface area (Å²) in [5.74, 6) is -0.371. The van der Waals surface area contributed by atoms with Crippen LogP contribution >= 0.6 is 0 Å². The zero-order chi connectivity index (χ0) is 10.5. The number of hydrogen-bond acceptors (Lipinski definition) is 4. The van der Waals surface area contributed by atoms with E-state index in [-0.39, 0.29) is 5.97 Å². The SMILES string of the molecule is CC[C@@H](OOC(C)(C)C)OC(C)=O. The predicted octanol–water partition coefficient (Wildman–Crippen LogP) is 2.03. The molecule has 0 aromatic rings. The van der Waals surface area contributed by atoms with Crippen LogP contribution in [0.1, 0.15) is 41.0 Å². The lowest BCUT2D eigenvalue weighted by Crippen LogP contribution is -2.26. The van der Waals surface area contributed by atoms with Crippen LogP contribution in [0.25, 0.3) is 0 Å². The molecule has 0 heterocycles. The summed E-state index contributed by atoms with van der Waals surface area (Å²) in [5, 5.41) is 0. The maximum absolute atomic E-state index is 10.6. The first kappa shape index (κ1) is 12.4. The van der Waals surface area contributed by atoms with Gasteiger partial charge in [0.25, 0.3) is 0 Å². The molecule has 4 nitrogen and oxygen atoms in total. The van der Waals surface area contributed by atoms with Gasteiger partial charge in [-0.1, -0.05) is 6.92 Å². The molecule has 1 atom stereocenters. The van der Waals surface area contributed by atoms with E-state index >= 15 is 0 Å². The molecule has 0 saturated heterocycles. The van der Waals surface area contributed by atoms with Gasteiger partial charge in [0.2, 0.25) is 6.29 Å². The van der Waals surface area contributed by atoms with E-state index in [0.29, 0.717) is 6.42 Å². The zero-order valence-corrected chi connectivity index (χ0v) is 8.92. The van der Waals surface area contributed by atoms with Crippen LogP contribution < -0.4 is 0 Å². The first-order valence-corrected chi connectivity index (χ1v) is 4.37. The third-order valence-corrected chi connectivity index (χ3v) is 1.04. The van der Waals surface area contributed by atoms with Gasteiger partial charge in [0.1, 0.15) is 0 Å². The van der Waals surface area contributed by atoms with E-state index in [1.807, 2.05) is 27.7 Å². The fraction of sp³-hybridized carbons (Fsp3) is 0.889. The fourth-order valence-electron chi connectivity index (χ4n) is 0.554. The molecular formula is C9H18O4. The molecule has 0 fully saturated rings. The highest BCUT2D eigenvalue weighted by atomic mass is 17.2. The van der Waals surface area contributed by atoms with Crippen LogP contribution in [-0.2, 0) is 19.3 Å². The Hall–Kier alpha value is -0.610. The molecule has 0 aliphatic carbocycles. The Morgan fingerprint density at radius 3 is 2.23 bits per heavy atom. The Balaban J connectivity index is 3.79. The molecule has 0 aliphatic rings. The summed E-state index contributed by atoms with van der Waals surface area (Å²) in [6.07, 6.45) is -0.0490. The van der Waals surface area contributed by atoms with Gasteiger partial charge >= 0.3 is 5.97 Å². The lowest BCUT2D eigenvalue weighted by atomic mass is 10.2. The number of hydrogen-bond donors (Lipinski definition) is 0. The molecule has 0 rings (SSSR count). The van der Waals surface area contributed by atoms with E-state index in [4.69, 9.17) is 14.5 Å². The largest absolute Gasteiger partial charge is 0.433 e. The third-order valence-electron chi connectivity index (χ3n) is 1.04. The molecule has 0 radical (unpaired) electrons. The average molecular weight is 190 g/mol. The zero-order valence-electron chi connectivity index (χ0n) is 8.92. The van der Waals surface area contributed by atoms with Crippen LogP contribution in [0.15, 0.2) is 0 Å². The molecule has 0 aromatic heterocycles. The standard InChI is InChI=1S/C9H18O4/c1-6-8(11-7(2)10)12-13-9(3,4)5/h8H,6H2,1-5H3/t8-/m1/s1. The fourth-order valence-corrected chi connectivity index (χ4v) is 0.554. The number of carbonyl (C=O) groups excluding carboxylic acids is 1. The normalized spacial score (nSPS) is 13.9. The van der Waals surface area contributed by atoms with Gasteiger partial charge in [0.05, 0.1) is 5.60 Å². The highest BCUT2D eigenvalue weighted by Gasteiger charge is 2.17. The maximum Gasteiger partial charge on any atom is 0.305 e. The molecule has 0 unspecified atom stereocenters. The van der Waals surface area contributed by atoms with Crippen molar-refractivity contribution in [3.05, 3.63) is 0 Å². The highest BCUT2D eigenvalue weighted by Crippen LogP contribution is 2.11. The van der Waals surface area contributed by atoms with Crippen LogP contribution in [0.4, 0.5) is 0 Å². The van der Waals surface area contributed by atoms with Gasteiger partial charge in [0, 0.05) is 13.3 Å².